The number of anilines is 3. The second-order valence-electron chi connectivity index (χ2n) is 9.53. The van der Waals surface area contributed by atoms with E-state index in [0.29, 0.717) is 0 Å². The van der Waals surface area contributed by atoms with E-state index < -0.39 is 5.41 Å². The molecule has 5 aromatic carbocycles. The van der Waals surface area contributed by atoms with Crippen molar-refractivity contribution in [3.63, 3.8) is 0 Å². The van der Waals surface area contributed by atoms with E-state index in [1.165, 1.54) is 0 Å². The number of hydrogen-bond donors (Lipinski definition) is 3. The van der Waals surface area contributed by atoms with Gasteiger partial charge in [0.25, 0.3) is 0 Å². The Balaban J connectivity index is 1.70. The van der Waals surface area contributed by atoms with E-state index in [4.69, 9.17) is 0 Å². The van der Waals surface area contributed by atoms with Crippen molar-refractivity contribution in [3.05, 3.63) is 131 Å². The number of benzene rings is 5. The van der Waals surface area contributed by atoms with Crippen molar-refractivity contribution in [1.29, 1.82) is 0 Å². The molecule has 1 heterocycles. The first-order valence-electron chi connectivity index (χ1n) is 12.0. The zero-order valence-corrected chi connectivity index (χ0v) is 19.6. The Morgan fingerprint density at radius 2 is 1.17 bits per heavy atom. The molecule has 1 unspecified atom stereocenters. The lowest BCUT2D eigenvalue weighted by Crippen LogP contribution is -2.36. The fourth-order valence-corrected chi connectivity index (χ4v) is 6.16. The second-order valence-corrected chi connectivity index (χ2v) is 9.53. The summed E-state index contributed by atoms with van der Waals surface area (Å²) in [6, 6.07) is 33.9. The van der Waals surface area contributed by atoms with Crippen LogP contribution in [0, 0.1) is 6.92 Å². The quantitative estimate of drug-likeness (QED) is 0.222. The highest BCUT2D eigenvalue weighted by molar-refractivity contribution is 5.96. The van der Waals surface area contributed by atoms with Crippen LogP contribution in [0.1, 0.15) is 27.8 Å². The third-order valence-corrected chi connectivity index (χ3v) is 7.66. The molecule has 2 aliphatic rings. The molecular weight excluding hydrogens is 446 g/mol. The first kappa shape index (κ1) is 20.7. The lowest BCUT2D eigenvalue weighted by molar-refractivity contribution is 0.403. The first-order chi connectivity index (χ1) is 17.5. The Labute approximate surface area is 209 Å². The molecule has 0 amide bonds. The van der Waals surface area contributed by atoms with Gasteiger partial charge in [-0.3, -0.25) is 0 Å². The highest BCUT2D eigenvalue weighted by Gasteiger charge is 2.52. The summed E-state index contributed by atoms with van der Waals surface area (Å²) in [7, 11) is 0. The lowest BCUT2D eigenvalue weighted by Gasteiger charge is -2.45. The minimum absolute atomic E-state index is 0.150. The molecule has 0 bridgehead atoms. The fraction of sp³-hybridized carbons (Fsp3) is 0.0625. The number of fused-ring (bicyclic) bond motifs is 9. The van der Waals surface area contributed by atoms with Crippen LogP contribution >= 0.6 is 0 Å². The van der Waals surface area contributed by atoms with Gasteiger partial charge < -0.3 is 20.2 Å². The Hall–Kier alpha value is -4.70. The number of para-hydroxylation sites is 2. The van der Waals surface area contributed by atoms with Gasteiger partial charge in [-0.1, -0.05) is 60.7 Å². The van der Waals surface area contributed by atoms with Crippen LogP contribution in [0.2, 0.25) is 0 Å². The van der Waals surface area contributed by atoms with Gasteiger partial charge in [0.2, 0.25) is 0 Å². The summed E-state index contributed by atoms with van der Waals surface area (Å²) in [6.45, 7) is 1.91. The Kier molecular flexibility index (Phi) is 4.10. The van der Waals surface area contributed by atoms with E-state index in [0.717, 1.165) is 56.0 Å². The number of nitrogens with zero attached hydrogens (tertiary/aromatic N) is 1. The minimum atomic E-state index is -0.792. The van der Waals surface area contributed by atoms with Crippen LogP contribution in [0.4, 0.5) is 17.1 Å². The number of aryl methyl sites for hydroxylation is 1. The number of aromatic hydroxyl groups is 3. The molecule has 1 aliphatic heterocycles. The largest absolute Gasteiger partial charge is 0.508 e. The van der Waals surface area contributed by atoms with Crippen LogP contribution in [-0.2, 0) is 5.41 Å². The molecule has 4 nitrogen and oxygen atoms in total. The van der Waals surface area contributed by atoms with Crippen LogP contribution in [0.15, 0.2) is 103 Å². The molecule has 1 atom stereocenters. The van der Waals surface area contributed by atoms with Crippen molar-refractivity contribution in [2.45, 2.75) is 12.3 Å². The van der Waals surface area contributed by atoms with Crippen LogP contribution in [0.25, 0.3) is 11.1 Å². The van der Waals surface area contributed by atoms with Gasteiger partial charge in [0.05, 0.1) is 16.8 Å². The highest BCUT2D eigenvalue weighted by Crippen LogP contribution is 2.64. The van der Waals surface area contributed by atoms with Crippen molar-refractivity contribution in [2.75, 3.05) is 4.90 Å². The smallest absolute Gasteiger partial charge is 0.158 e. The van der Waals surface area contributed by atoms with Crippen LogP contribution in [-0.4, -0.2) is 15.3 Å². The van der Waals surface area contributed by atoms with Crippen molar-refractivity contribution < 1.29 is 15.3 Å². The standard InChI is InChI=1S/C32H23NO3/c1-19-15-28-26(18-29(19)34)32(24-13-7-8-14-27(24)33(28)20-9-3-2-4-10-20)23-12-6-5-11-21(23)22-16-30(35)31(36)17-25(22)32/h2-18,34-36H,1H3. The van der Waals surface area contributed by atoms with Crippen molar-refractivity contribution in [3.8, 4) is 28.4 Å². The van der Waals surface area contributed by atoms with E-state index in [1.54, 1.807) is 12.1 Å². The van der Waals surface area contributed by atoms with Gasteiger partial charge in [0.1, 0.15) is 5.75 Å². The van der Waals surface area contributed by atoms with Gasteiger partial charge in [-0.05, 0) is 88.3 Å². The predicted molar refractivity (Wildman–Crippen MR) is 142 cm³/mol. The molecule has 0 saturated heterocycles. The first-order valence-corrected chi connectivity index (χ1v) is 12.0. The molecular formula is C32H23NO3. The third kappa shape index (κ3) is 2.48. The summed E-state index contributed by atoms with van der Waals surface area (Å²) >= 11 is 0. The van der Waals surface area contributed by atoms with Crippen molar-refractivity contribution in [2.24, 2.45) is 0 Å². The third-order valence-electron chi connectivity index (χ3n) is 7.66. The number of phenolic OH excluding ortho intramolecular Hbond substituents is 3. The van der Waals surface area contributed by atoms with Gasteiger partial charge >= 0.3 is 0 Å². The van der Waals surface area contributed by atoms with Crippen molar-refractivity contribution >= 4 is 17.1 Å². The predicted octanol–water partition coefficient (Wildman–Crippen LogP) is 7.26. The van der Waals surface area contributed by atoms with Crippen LogP contribution in [0.5, 0.6) is 17.2 Å². The monoisotopic (exact) mass is 469 g/mol. The van der Waals surface area contributed by atoms with Gasteiger partial charge in [-0.15, -0.1) is 0 Å². The fourth-order valence-electron chi connectivity index (χ4n) is 6.16. The van der Waals surface area contributed by atoms with Crippen molar-refractivity contribution in [1.82, 2.24) is 0 Å². The SMILES string of the molecule is Cc1cc2c(cc1O)C1(c3ccccc3-c3cc(O)c(O)cc31)c1ccccc1N2c1ccccc1. The van der Waals surface area contributed by atoms with E-state index >= 15 is 0 Å². The average Bonchev–Trinajstić information content (AvgIpc) is 3.17. The molecule has 0 aromatic heterocycles. The maximum atomic E-state index is 11.0. The molecule has 0 radical (unpaired) electrons. The van der Waals surface area contributed by atoms with Gasteiger partial charge in [0, 0.05) is 5.69 Å². The normalized spacial score (nSPS) is 16.9. The average molecular weight is 470 g/mol. The molecule has 36 heavy (non-hydrogen) atoms. The van der Waals surface area contributed by atoms with E-state index in [2.05, 4.69) is 41.3 Å². The number of rotatable bonds is 1. The Bertz CT molecular complexity index is 1690. The summed E-state index contributed by atoms with van der Waals surface area (Å²) in [4.78, 5) is 2.24. The minimum Gasteiger partial charge on any atom is -0.508 e. The summed E-state index contributed by atoms with van der Waals surface area (Å²) < 4.78 is 0. The summed E-state index contributed by atoms with van der Waals surface area (Å²) in [6.07, 6.45) is 0. The second kappa shape index (κ2) is 7.15. The summed E-state index contributed by atoms with van der Waals surface area (Å²) in [5.74, 6) is -0.0983. The molecule has 7 rings (SSSR count). The van der Waals surface area contributed by atoms with Gasteiger partial charge in [-0.25, -0.2) is 0 Å². The maximum Gasteiger partial charge on any atom is 0.158 e. The maximum absolute atomic E-state index is 11.0. The van der Waals surface area contributed by atoms with E-state index in [-0.39, 0.29) is 17.2 Å². The van der Waals surface area contributed by atoms with E-state index in [9.17, 15) is 15.3 Å². The Morgan fingerprint density at radius 1 is 0.528 bits per heavy atom. The lowest BCUT2D eigenvalue weighted by atomic mass is 9.64. The van der Waals surface area contributed by atoms with Crippen LogP contribution < -0.4 is 4.90 Å². The molecule has 0 fully saturated rings. The molecule has 5 aromatic rings. The van der Waals surface area contributed by atoms with Crippen LogP contribution in [0.3, 0.4) is 0 Å². The number of phenols is 3. The molecule has 0 saturated carbocycles. The highest BCUT2D eigenvalue weighted by atomic mass is 16.3. The van der Waals surface area contributed by atoms with Gasteiger partial charge in [-0.2, -0.15) is 0 Å². The molecule has 1 spiro atoms. The number of hydrogen-bond acceptors (Lipinski definition) is 4. The molecule has 1 aliphatic carbocycles. The Morgan fingerprint density at radius 3 is 1.97 bits per heavy atom. The zero-order valence-electron chi connectivity index (χ0n) is 19.6. The van der Waals surface area contributed by atoms with E-state index in [1.807, 2.05) is 61.5 Å². The molecule has 4 heteroatoms. The topological polar surface area (TPSA) is 63.9 Å². The molecule has 174 valence electrons. The molecule has 3 N–H and O–H groups in total. The zero-order chi connectivity index (χ0) is 24.6. The summed E-state index contributed by atoms with van der Waals surface area (Å²) in [5.41, 5.74) is 8.76. The van der Waals surface area contributed by atoms with Gasteiger partial charge in [0.15, 0.2) is 11.5 Å². The summed E-state index contributed by atoms with van der Waals surface area (Å²) in [5, 5.41) is 32.2.